The van der Waals surface area contributed by atoms with Crippen LogP contribution < -0.4 is 10.1 Å². The second kappa shape index (κ2) is 9.62. The number of carbonyl (C=O) groups is 1. The number of rotatable bonds is 7. The largest absolute Gasteiger partial charge is 0.487 e. The van der Waals surface area contributed by atoms with Gasteiger partial charge in [-0.15, -0.1) is 0 Å². The van der Waals surface area contributed by atoms with Crippen LogP contribution in [0.2, 0.25) is 5.15 Å². The molecule has 2 heterocycles. The molecule has 0 atom stereocenters. The van der Waals surface area contributed by atoms with Gasteiger partial charge in [0.25, 0.3) is 5.91 Å². The lowest BCUT2D eigenvalue weighted by Crippen LogP contribution is -2.23. The van der Waals surface area contributed by atoms with Crippen molar-refractivity contribution in [1.29, 1.82) is 0 Å². The average molecular weight is 451 g/mol. The molecule has 0 bridgehead atoms. The van der Waals surface area contributed by atoms with Gasteiger partial charge in [0.05, 0.1) is 22.6 Å². The standard InChI is InChI=1S/C24H20ClFN4O2/c1-16-22(23(25)30(29-16)20-10-8-18(26)9-11-20)24(31)28-14-17-5-4-7-21(13-17)32-15-19-6-2-3-12-27-19/h2-13H,14-15H2,1H3,(H,28,31). The smallest absolute Gasteiger partial charge is 0.256 e. The molecule has 8 heteroatoms. The Balaban J connectivity index is 1.42. The number of halogens is 2. The van der Waals surface area contributed by atoms with E-state index in [9.17, 15) is 9.18 Å². The van der Waals surface area contributed by atoms with Gasteiger partial charge in [0.2, 0.25) is 0 Å². The maximum Gasteiger partial charge on any atom is 0.256 e. The molecule has 6 nitrogen and oxygen atoms in total. The highest BCUT2D eigenvalue weighted by Gasteiger charge is 2.21. The summed E-state index contributed by atoms with van der Waals surface area (Å²) < 4.78 is 20.4. The maximum absolute atomic E-state index is 13.2. The van der Waals surface area contributed by atoms with Crippen molar-refractivity contribution in [1.82, 2.24) is 20.1 Å². The van der Waals surface area contributed by atoms with Crippen LogP contribution in [0, 0.1) is 12.7 Å². The summed E-state index contributed by atoms with van der Waals surface area (Å²) in [6.45, 7) is 2.35. The topological polar surface area (TPSA) is 69.0 Å². The summed E-state index contributed by atoms with van der Waals surface area (Å²) in [5.74, 6) is -0.0284. The molecule has 4 aromatic rings. The fourth-order valence-corrected chi connectivity index (χ4v) is 3.53. The Morgan fingerprint density at radius 2 is 1.94 bits per heavy atom. The number of hydrogen-bond donors (Lipinski definition) is 1. The third-order valence-electron chi connectivity index (χ3n) is 4.77. The molecule has 1 N–H and O–H groups in total. The summed E-state index contributed by atoms with van der Waals surface area (Å²) in [6, 6.07) is 18.8. The van der Waals surface area contributed by atoms with E-state index in [4.69, 9.17) is 16.3 Å². The van der Waals surface area contributed by atoms with Gasteiger partial charge in [0.15, 0.2) is 0 Å². The number of aryl methyl sites for hydroxylation is 1. The molecule has 0 saturated heterocycles. The van der Waals surface area contributed by atoms with Crippen LogP contribution >= 0.6 is 11.6 Å². The molecule has 0 radical (unpaired) electrons. The fraction of sp³-hybridized carbons (Fsp3) is 0.125. The molecule has 2 aromatic carbocycles. The van der Waals surface area contributed by atoms with E-state index in [2.05, 4.69) is 15.4 Å². The first kappa shape index (κ1) is 21.5. The highest BCUT2D eigenvalue weighted by molar-refractivity contribution is 6.33. The lowest BCUT2D eigenvalue weighted by atomic mass is 10.2. The van der Waals surface area contributed by atoms with Gasteiger partial charge >= 0.3 is 0 Å². The number of nitrogens with zero attached hydrogens (tertiary/aromatic N) is 3. The van der Waals surface area contributed by atoms with Crippen molar-refractivity contribution < 1.29 is 13.9 Å². The quantitative estimate of drug-likeness (QED) is 0.436. The van der Waals surface area contributed by atoms with Crippen LogP contribution in [0.1, 0.15) is 27.3 Å². The molecule has 32 heavy (non-hydrogen) atoms. The van der Waals surface area contributed by atoms with Crippen molar-refractivity contribution in [3.05, 3.63) is 106 Å². The summed E-state index contributed by atoms with van der Waals surface area (Å²) >= 11 is 6.43. The number of aromatic nitrogens is 3. The normalized spacial score (nSPS) is 10.7. The van der Waals surface area contributed by atoms with E-state index >= 15 is 0 Å². The molecule has 0 aliphatic heterocycles. The van der Waals surface area contributed by atoms with Gasteiger partial charge < -0.3 is 10.1 Å². The van der Waals surface area contributed by atoms with Crippen molar-refractivity contribution in [2.75, 3.05) is 0 Å². The minimum atomic E-state index is -0.363. The summed E-state index contributed by atoms with van der Waals surface area (Å²) in [4.78, 5) is 17.0. The minimum Gasteiger partial charge on any atom is -0.487 e. The molecule has 1 amide bonds. The fourth-order valence-electron chi connectivity index (χ4n) is 3.17. The van der Waals surface area contributed by atoms with E-state index in [1.807, 2.05) is 42.5 Å². The van der Waals surface area contributed by atoms with Crippen molar-refractivity contribution in [3.8, 4) is 11.4 Å². The summed E-state index contributed by atoms with van der Waals surface area (Å²) in [5, 5.41) is 7.36. The predicted octanol–water partition coefficient (Wildman–Crippen LogP) is 4.88. The number of hydrogen-bond acceptors (Lipinski definition) is 4. The van der Waals surface area contributed by atoms with Crippen molar-refractivity contribution >= 4 is 17.5 Å². The first-order valence-corrected chi connectivity index (χ1v) is 10.3. The lowest BCUT2D eigenvalue weighted by Gasteiger charge is -2.09. The Hall–Kier alpha value is -3.71. The second-order valence-corrected chi connectivity index (χ2v) is 7.44. The minimum absolute atomic E-state index is 0.166. The Morgan fingerprint density at radius 3 is 2.69 bits per heavy atom. The van der Waals surface area contributed by atoms with Gasteiger partial charge in [0.1, 0.15) is 23.3 Å². The van der Waals surface area contributed by atoms with Gasteiger partial charge in [-0.25, -0.2) is 9.07 Å². The van der Waals surface area contributed by atoms with Gasteiger partial charge in [0, 0.05) is 12.7 Å². The summed E-state index contributed by atoms with van der Waals surface area (Å²) in [6.07, 6.45) is 1.72. The Bertz CT molecular complexity index is 1230. The van der Waals surface area contributed by atoms with Crippen LogP contribution in [-0.4, -0.2) is 20.7 Å². The number of pyridine rings is 1. The first-order chi connectivity index (χ1) is 15.5. The van der Waals surface area contributed by atoms with Crippen LogP contribution in [0.3, 0.4) is 0 Å². The highest BCUT2D eigenvalue weighted by atomic mass is 35.5. The highest BCUT2D eigenvalue weighted by Crippen LogP contribution is 2.24. The lowest BCUT2D eigenvalue weighted by molar-refractivity contribution is 0.0950. The van der Waals surface area contributed by atoms with E-state index in [-0.39, 0.29) is 29.0 Å². The molecule has 0 saturated carbocycles. The Labute approximate surface area is 189 Å². The monoisotopic (exact) mass is 450 g/mol. The van der Waals surface area contributed by atoms with Gasteiger partial charge in [-0.05, 0) is 61.0 Å². The molecule has 0 unspecified atom stereocenters. The van der Waals surface area contributed by atoms with E-state index in [1.54, 1.807) is 25.3 Å². The summed E-state index contributed by atoms with van der Waals surface area (Å²) in [5.41, 5.74) is 3.02. The zero-order chi connectivity index (χ0) is 22.5. The van der Waals surface area contributed by atoms with Gasteiger partial charge in [-0.3, -0.25) is 9.78 Å². The zero-order valence-electron chi connectivity index (χ0n) is 17.3. The Morgan fingerprint density at radius 1 is 1.12 bits per heavy atom. The molecule has 162 valence electrons. The third kappa shape index (κ3) is 4.95. The maximum atomic E-state index is 13.2. The van der Waals surface area contributed by atoms with Crippen molar-refractivity contribution in [3.63, 3.8) is 0 Å². The van der Waals surface area contributed by atoms with Crippen LogP contribution in [0.25, 0.3) is 5.69 Å². The molecular weight excluding hydrogens is 431 g/mol. The molecule has 0 fully saturated rings. The Kier molecular flexibility index (Phi) is 6.47. The number of carbonyl (C=O) groups excluding carboxylic acids is 1. The zero-order valence-corrected chi connectivity index (χ0v) is 18.0. The van der Waals surface area contributed by atoms with Crippen LogP contribution in [0.15, 0.2) is 72.9 Å². The van der Waals surface area contributed by atoms with Gasteiger partial charge in [-0.1, -0.05) is 29.8 Å². The van der Waals surface area contributed by atoms with E-state index in [0.717, 1.165) is 11.3 Å². The molecule has 0 aliphatic rings. The van der Waals surface area contributed by atoms with E-state index in [0.29, 0.717) is 23.7 Å². The first-order valence-electron chi connectivity index (χ1n) is 9.92. The SMILES string of the molecule is Cc1nn(-c2ccc(F)cc2)c(Cl)c1C(=O)NCc1cccc(OCc2ccccn2)c1. The van der Waals surface area contributed by atoms with Crippen molar-refractivity contribution in [2.24, 2.45) is 0 Å². The summed E-state index contributed by atoms with van der Waals surface area (Å²) in [7, 11) is 0. The van der Waals surface area contributed by atoms with E-state index in [1.165, 1.54) is 16.8 Å². The third-order valence-corrected chi connectivity index (χ3v) is 5.12. The van der Waals surface area contributed by atoms with Crippen LogP contribution in [0.5, 0.6) is 5.75 Å². The van der Waals surface area contributed by atoms with Crippen LogP contribution in [-0.2, 0) is 13.2 Å². The average Bonchev–Trinajstić information content (AvgIpc) is 3.11. The number of amides is 1. The number of benzene rings is 2. The van der Waals surface area contributed by atoms with Gasteiger partial charge in [-0.2, -0.15) is 5.10 Å². The molecule has 0 aliphatic carbocycles. The van der Waals surface area contributed by atoms with Crippen LogP contribution in [0.4, 0.5) is 4.39 Å². The van der Waals surface area contributed by atoms with Crippen molar-refractivity contribution in [2.45, 2.75) is 20.1 Å². The predicted molar refractivity (Wildman–Crippen MR) is 119 cm³/mol. The molecule has 4 rings (SSSR count). The second-order valence-electron chi connectivity index (χ2n) is 7.08. The number of nitrogens with one attached hydrogen (secondary N) is 1. The number of ether oxygens (including phenoxy) is 1. The molecule has 0 spiro atoms. The molecular formula is C24H20ClFN4O2. The van der Waals surface area contributed by atoms with E-state index < -0.39 is 0 Å². The molecule has 2 aromatic heterocycles.